The van der Waals surface area contributed by atoms with Crippen molar-refractivity contribution in [3.8, 4) is 0 Å². The standard InChI is InChI=1S/C26H30N4O4/c1-17-12-14-26(15-13-17)24(33)30(25(34)29-26)16-22(31)28-21-11-7-6-10-20(21)23(32)27-18(2)19-8-4-3-5-9-19/h3-11,17-18H,12-16H2,1-2H3,(H,27,32)(H,28,31)(H,29,34)/t17?,18-,26?/m0/s1. The Morgan fingerprint density at radius 2 is 1.71 bits per heavy atom. The molecule has 2 aromatic carbocycles. The maximum atomic E-state index is 13.0. The Labute approximate surface area is 199 Å². The van der Waals surface area contributed by atoms with Gasteiger partial charge in [0, 0.05) is 0 Å². The average molecular weight is 463 g/mol. The molecule has 8 heteroatoms. The van der Waals surface area contributed by atoms with E-state index in [0.29, 0.717) is 30.0 Å². The Balaban J connectivity index is 1.41. The van der Waals surface area contributed by atoms with E-state index in [1.165, 1.54) is 0 Å². The van der Waals surface area contributed by atoms with Crippen LogP contribution in [0.5, 0.6) is 0 Å². The third-order valence-corrected chi connectivity index (χ3v) is 6.77. The lowest BCUT2D eigenvalue weighted by molar-refractivity contribution is -0.135. The van der Waals surface area contributed by atoms with E-state index < -0.39 is 24.0 Å². The summed E-state index contributed by atoms with van der Waals surface area (Å²) >= 11 is 0. The first-order valence-electron chi connectivity index (χ1n) is 11.7. The lowest BCUT2D eigenvalue weighted by Crippen LogP contribution is -2.49. The summed E-state index contributed by atoms with van der Waals surface area (Å²) in [6.07, 6.45) is 2.88. The number of rotatable bonds is 6. The number of imide groups is 1. The van der Waals surface area contributed by atoms with E-state index >= 15 is 0 Å². The molecule has 2 fully saturated rings. The quantitative estimate of drug-likeness (QED) is 0.570. The first-order chi connectivity index (χ1) is 16.3. The van der Waals surface area contributed by atoms with Crippen LogP contribution in [0.1, 0.15) is 61.5 Å². The first kappa shape index (κ1) is 23.5. The van der Waals surface area contributed by atoms with Crippen LogP contribution in [0.15, 0.2) is 54.6 Å². The molecule has 34 heavy (non-hydrogen) atoms. The second kappa shape index (κ2) is 9.67. The normalized spacial score (nSPS) is 22.9. The number of urea groups is 1. The van der Waals surface area contributed by atoms with Crippen molar-refractivity contribution in [2.45, 2.75) is 51.1 Å². The predicted octanol–water partition coefficient (Wildman–Crippen LogP) is 3.62. The molecule has 1 saturated carbocycles. The molecule has 0 unspecified atom stereocenters. The number of carbonyl (C=O) groups is 4. The molecule has 2 aliphatic rings. The van der Waals surface area contributed by atoms with Gasteiger partial charge in [0.2, 0.25) is 5.91 Å². The number of nitrogens with one attached hydrogen (secondary N) is 3. The smallest absolute Gasteiger partial charge is 0.325 e. The Kier molecular flexibility index (Phi) is 6.68. The van der Waals surface area contributed by atoms with Crippen molar-refractivity contribution in [1.82, 2.24) is 15.5 Å². The first-order valence-corrected chi connectivity index (χ1v) is 11.7. The molecule has 0 radical (unpaired) electrons. The van der Waals surface area contributed by atoms with Crippen LogP contribution in [-0.2, 0) is 9.59 Å². The van der Waals surface area contributed by atoms with E-state index in [-0.39, 0.29) is 17.9 Å². The molecule has 1 aliphatic heterocycles. The fraction of sp³-hybridized carbons (Fsp3) is 0.385. The molecule has 1 aliphatic carbocycles. The van der Waals surface area contributed by atoms with Gasteiger partial charge in [-0.25, -0.2) is 4.79 Å². The monoisotopic (exact) mass is 462 g/mol. The second-order valence-corrected chi connectivity index (χ2v) is 9.29. The van der Waals surface area contributed by atoms with E-state index in [1.807, 2.05) is 37.3 Å². The maximum absolute atomic E-state index is 13.0. The highest BCUT2D eigenvalue weighted by atomic mass is 16.2. The fourth-order valence-corrected chi connectivity index (χ4v) is 4.64. The predicted molar refractivity (Wildman–Crippen MR) is 128 cm³/mol. The van der Waals surface area contributed by atoms with E-state index in [4.69, 9.17) is 0 Å². The van der Waals surface area contributed by atoms with Gasteiger partial charge in [-0.2, -0.15) is 0 Å². The fourth-order valence-electron chi connectivity index (χ4n) is 4.64. The zero-order valence-electron chi connectivity index (χ0n) is 19.5. The van der Waals surface area contributed by atoms with Crippen molar-refractivity contribution in [3.05, 3.63) is 65.7 Å². The van der Waals surface area contributed by atoms with E-state index in [0.717, 1.165) is 23.3 Å². The van der Waals surface area contributed by atoms with Gasteiger partial charge in [0.15, 0.2) is 0 Å². The third kappa shape index (κ3) is 4.81. The molecular formula is C26H30N4O4. The summed E-state index contributed by atoms with van der Waals surface area (Å²) in [5.74, 6) is -0.708. The second-order valence-electron chi connectivity index (χ2n) is 9.29. The minimum atomic E-state index is -0.894. The van der Waals surface area contributed by atoms with Crippen molar-refractivity contribution >= 4 is 29.4 Å². The van der Waals surface area contributed by atoms with Crippen LogP contribution in [0.3, 0.4) is 0 Å². The summed E-state index contributed by atoms with van der Waals surface area (Å²) < 4.78 is 0. The molecule has 8 nitrogen and oxygen atoms in total. The van der Waals surface area contributed by atoms with Crippen molar-refractivity contribution < 1.29 is 19.2 Å². The van der Waals surface area contributed by atoms with Gasteiger partial charge in [-0.1, -0.05) is 49.4 Å². The summed E-state index contributed by atoms with van der Waals surface area (Å²) in [5.41, 5.74) is 0.684. The lowest BCUT2D eigenvalue weighted by atomic mass is 9.77. The van der Waals surface area contributed by atoms with Crippen LogP contribution in [0.25, 0.3) is 0 Å². The number of carbonyl (C=O) groups excluding carboxylic acids is 4. The van der Waals surface area contributed by atoms with Gasteiger partial charge in [-0.3, -0.25) is 19.3 Å². The van der Waals surface area contributed by atoms with Crippen LogP contribution in [0.4, 0.5) is 10.5 Å². The minimum absolute atomic E-state index is 0.224. The molecule has 0 aromatic heterocycles. The molecule has 1 atom stereocenters. The highest BCUT2D eigenvalue weighted by molar-refractivity contribution is 6.11. The number of nitrogens with zero attached hydrogens (tertiary/aromatic N) is 1. The number of amides is 5. The number of hydrogen-bond acceptors (Lipinski definition) is 4. The van der Waals surface area contributed by atoms with Crippen LogP contribution in [0.2, 0.25) is 0 Å². The van der Waals surface area contributed by atoms with Gasteiger partial charge < -0.3 is 16.0 Å². The molecule has 3 N–H and O–H groups in total. The van der Waals surface area contributed by atoms with Crippen LogP contribution < -0.4 is 16.0 Å². The summed E-state index contributed by atoms with van der Waals surface area (Å²) in [7, 11) is 0. The topological polar surface area (TPSA) is 108 Å². The summed E-state index contributed by atoms with van der Waals surface area (Å²) in [5, 5.41) is 8.45. The van der Waals surface area contributed by atoms with Gasteiger partial charge in [-0.05, 0) is 56.2 Å². The molecule has 0 bridgehead atoms. The zero-order chi connectivity index (χ0) is 24.3. The van der Waals surface area contributed by atoms with Crippen LogP contribution >= 0.6 is 0 Å². The average Bonchev–Trinajstić information content (AvgIpc) is 3.06. The Morgan fingerprint density at radius 3 is 2.41 bits per heavy atom. The summed E-state index contributed by atoms with van der Waals surface area (Å²) in [6.45, 7) is 3.61. The Hall–Kier alpha value is -3.68. The Bertz CT molecular complexity index is 1090. The molecule has 5 amide bonds. The largest absolute Gasteiger partial charge is 0.345 e. The van der Waals surface area contributed by atoms with Gasteiger partial charge >= 0.3 is 6.03 Å². The van der Waals surface area contributed by atoms with Gasteiger partial charge in [-0.15, -0.1) is 0 Å². The van der Waals surface area contributed by atoms with Crippen LogP contribution in [-0.4, -0.2) is 40.7 Å². The molecular weight excluding hydrogens is 432 g/mol. The lowest BCUT2D eigenvalue weighted by Gasteiger charge is -2.33. The zero-order valence-corrected chi connectivity index (χ0v) is 19.5. The SMILES string of the molecule is CC1CCC2(CC1)NC(=O)N(CC(=O)Nc1ccccc1C(=O)N[C@@H](C)c1ccccc1)C2=O. The third-order valence-electron chi connectivity index (χ3n) is 6.77. The maximum Gasteiger partial charge on any atom is 0.325 e. The number of benzene rings is 2. The van der Waals surface area contributed by atoms with Crippen molar-refractivity contribution in [1.29, 1.82) is 0 Å². The summed E-state index contributed by atoms with van der Waals surface area (Å²) in [6, 6.07) is 15.5. The molecule has 4 rings (SSSR count). The van der Waals surface area contributed by atoms with Crippen molar-refractivity contribution in [2.75, 3.05) is 11.9 Å². The highest BCUT2D eigenvalue weighted by Crippen LogP contribution is 2.36. The van der Waals surface area contributed by atoms with Gasteiger partial charge in [0.25, 0.3) is 11.8 Å². The van der Waals surface area contributed by atoms with Gasteiger partial charge in [0.05, 0.1) is 17.3 Å². The minimum Gasteiger partial charge on any atom is -0.345 e. The molecule has 1 spiro atoms. The molecule has 178 valence electrons. The molecule has 1 saturated heterocycles. The van der Waals surface area contributed by atoms with Crippen LogP contribution in [0, 0.1) is 5.92 Å². The number of anilines is 1. The highest BCUT2D eigenvalue weighted by Gasteiger charge is 2.52. The number of hydrogen-bond donors (Lipinski definition) is 3. The van der Waals surface area contributed by atoms with Crippen molar-refractivity contribution in [2.24, 2.45) is 5.92 Å². The van der Waals surface area contributed by atoms with E-state index in [9.17, 15) is 19.2 Å². The van der Waals surface area contributed by atoms with Crippen molar-refractivity contribution in [3.63, 3.8) is 0 Å². The molecule has 2 aromatic rings. The Morgan fingerprint density at radius 1 is 1.06 bits per heavy atom. The number of para-hydroxylation sites is 1. The van der Waals surface area contributed by atoms with E-state index in [1.54, 1.807) is 24.3 Å². The van der Waals surface area contributed by atoms with E-state index in [2.05, 4.69) is 22.9 Å². The molecule has 1 heterocycles. The van der Waals surface area contributed by atoms with Gasteiger partial charge in [0.1, 0.15) is 12.1 Å². The summed E-state index contributed by atoms with van der Waals surface area (Å²) in [4.78, 5) is 52.2.